The highest BCUT2D eigenvalue weighted by atomic mass is 35.5. The lowest BCUT2D eigenvalue weighted by molar-refractivity contribution is 0.0288. The molecule has 158 valence electrons. The van der Waals surface area contributed by atoms with E-state index in [1.807, 2.05) is 6.92 Å². The third-order valence-electron chi connectivity index (χ3n) is 5.00. The molecule has 9 heteroatoms. The van der Waals surface area contributed by atoms with Crippen LogP contribution < -0.4 is 4.90 Å². The molecule has 1 saturated heterocycles. The van der Waals surface area contributed by atoms with E-state index in [1.54, 1.807) is 25.4 Å². The summed E-state index contributed by atoms with van der Waals surface area (Å²) in [6.45, 7) is 4.41. The number of anilines is 1. The van der Waals surface area contributed by atoms with Crippen molar-refractivity contribution >= 4 is 28.7 Å². The van der Waals surface area contributed by atoms with Gasteiger partial charge in [-0.25, -0.2) is 19.3 Å². The Morgan fingerprint density at radius 1 is 1.30 bits per heavy atom. The molecule has 30 heavy (non-hydrogen) atoms. The number of hydrogen-bond acceptors (Lipinski definition) is 7. The molecule has 0 aliphatic carbocycles. The largest absolute Gasteiger partial charge is 0.385 e. The van der Waals surface area contributed by atoms with E-state index in [0.717, 1.165) is 18.5 Å². The SMILES string of the molecule is COCCC[C@@H]1CN(c2nc(-c3ccc(Cl)cc3F)c3ncc(C)nc3n2)CCO1. The molecule has 1 aliphatic heterocycles. The van der Waals surface area contributed by atoms with E-state index in [9.17, 15) is 4.39 Å². The van der Waals surface area contributed by atoms with E-state index in [-0.39, 0.29) is 6.10 Å². The smallest absolute Gasteiger partial charge is 0.228 e. The topological polar surface area (TPSA) is 73.3 Å². The van der Waals surface area contributed by atoms with Crippen molar-refractivity contribution in [3.05, 3.63) is 40.9 Å². The van der Waals surface area contributed by atoms with Crippen LogP contribution in [0.3, 0.4) is 0 Å². The molecular formula is C21H23ClFN5O2. The summed E-state index contributed by atoms with van der Waals surface area (Å²) in [4.78, 5) is 20.3. The van der Waals surface area contributed by atoms with E-state index < -0.39 is 5.82 Å². The number of benzene rings is 1. The Hall–Kier alpha value is -2.42. The standard InChI is InChI=1S/C21H23ClFN5O2/c1-13-11-24-19-18(16-6-5-14(22)10-17(16)23)26-21(27-20(19)25-13)28-7-9-30-15(12-28)4-3-8-29-2/h5-6,10-11,15H,3-4,7-9,12H2,1-2H3/t15-/m1/s1. The minimum absolute atomic E-state index is 0.0625. The summed E-state index contributed by atoms with van der Waals surface area (Å²) in [7, 11) is 1.69. The molecule has 0 N–H and O–H groups in total. The zero-order valence-corrected chi connectivity index (χ0v) is 17.7. The lowest BCUT2D eigenvalue weighted by Gasteiger charge is -2.33. The van der Waals surface area contributed by atoms with Crippen LogP contribution in [0.4, 0.5) is 10.3 Å². The van der Waals surface area contributed by atoms with Crippen molar-refractivity contribution < 1.29 is 13.9 Å². The molecule has 1 aromatic carbocycles. The highest BCUT2D eigenvalue weighted by molar-refractivity contribution is 6.30. The third-order valence-corrected chi connectivity index (χ3v) is 5.23. The number of fused-ring (bicyclic) bond motifs is 1. The lowest BCUT2D eigenvalue weighted by Crippen LogP contribution is -2.43. The number of nitrogens with zero attached hydrogens (tertiary/aromatic N) is 5. The van der Waals surface area contributed by atoms with Crippen LogP contribution in [0.15, 0.2) is 24.4 Å². The Labute approximate surface area is 179 Å². The zero-order chi connectivity index (χ0) is 21.1. The molecule has 4 rings (SSSR count). The summed E-state index contributed by atoms with van der Waals surface area (Å²) in [5.74, 6) is 0.0297. The molecule has 1 atom stereocenters. The molecule has 0 saturated carbocycles. The van der Waals surface area contributed by atoms with Crippen molar-refractivity contribution in [3.63, 3.8) is 0 Å². The average Bonchev–Trinajstić information content (AvgIpc) is 2.73. The van der Waals surface area contributed by atoms with E-state index in [0.29, 0.717) is 59.7 Å². The molecular weight excluding hydrogens is 409 g/mol. The Morgan fingerprint density at radius 2 is 2.17 bits per heavy atom. The average molecular weight is 432 g/mol. The molecule has 0 bridgehead atoms. The van der Waals surface area contributed by atoms with Gasteiger partial charge in [0.05, 0.1) is 18.4 Å². The first kappa shape index (κ1) is 20.8. The van der Waals surface area contributed by atoms with E-state index in [2.05, 4.69) is 19.9 Å². The number of aryl methyl sites for hydroxylation is 1. The summed E-state index contributed by atoms with van der Waals surface area (Å²) >= 11 is 5.93. The van der Waals surface area contributed by atoms with Gasteiger partial charge in [0.2, 0.25) is 5.95 Å². The minimum Gasteiger partial charge on any atom is -0.385 e. The Morgan fingerprint density at radius 3 is 2.97 bits per heavy atom. The van der Waals surface area contributed by atoms with Gasteiger partial charge < -0.3 is 14.4 Å². The van der Waals surface area contributed by atoms with Crippen molar-refractivity contribution in [2.75, 3.05) is 38.3 Å². The van der Waals surface area contributed by atoms with Crippen LogP contribution in [0.25, 0.3) is 22.4 Å². The summed E-state index contributed by atoms with van der Waals surface area (Å²) in [5, 5.41) is 0.323. The maximum absolute atomic E-state index is 14.7. The van der Waals surface area contributed by atoms with Gasteiger partial charge >= 0.3 is 0 Å². The fourth-order valence-electron chi connectivity index (χ4n) is 3.52. The van der Waals surface area contributed by atoms with Gasteiger partial charge in [-0.3, -0.25) is 0 Å². The molecule has 0 radical (unpaired) electrons. The quantitative estimate of drug-likeness (QED) is 0.549. The second kappa shape index (κ2) is 9.16. The van der Waals surface area contributed by atoms with E-state index in [4.69, 9.17) is 26.1 Å². The lowest BCUT2D eigenvalue weighted by atomic mass is 10.1. The maximum Gasteiger partial charge on any atom is 0.228 e. The number of methoxy groups -OCH3 is 1. The molecule has 3 aromatic rings. The first-order valence-corrected chi connectivity index (χ1v) is 10.2. The Bertz CT molecular complexity index is 1050. The first-order chi connectivity index (χ1) is 14.5. The monoisotopic (exact) mass is 431 g/mol. The van der Waals surface area contributed by atoms with Gasteiger partial charge in [0.25, 0.3) is 0 Å². The van der Waals surface area contributed by atoms with Crippen LogP contribution in [0.1, 0.15) is 18.5 Å². The van der Waals surface area contributed by atoms with Crippen molar-refractivity contribution in [1.29, 1.82) is 0 Å². The van der Waals surface area contributed by atoms with Crippen LogP contribution in [-0.4, -0.2) is 59.5 Å². The van der Waals surface area contributed by atoms with Gasteiger partial charge in [0, 0.05) is 43.6 Å². The molecule has 0 unspecified atom stereocenters. The molecule has 7 nitrogen and oxygen atoms in total. The molecule has 3 heterocycles. The summed E-state index contributed by atoms with van der Waals surface area (Å²) in [5.41, 5.74) is 2.34. The number of aromatic nitrogens is 4. The normalized spacial score (nSPS) is 16.9. The van der Waals surface area contributed by atoms with Crippen LogP contribution in [0.2, 0.25) is 5.02 Å². The van der Waals surface area contributed by atoms with Crippen LogP contribution >= 0.6 is 11.6 Å². The van der Waals surface area contributed by atoms with Crippen molar-refractivity contribution in [3.8, 4) is 11.3 Å². The minimum atomic E-state index is -0.463. The molecule has 0 amide bonds. The van der Waals surface area contributed by atoms with Gasteiger partial charge in [0.1, 0.15) is 17.0 Å². The Kier molecular flexibility index (Phi) is 6.36. The number of ether oxygens (including phenoxy) is 2. The maximum atomic E-state index is 14.7. The number of rotatable bonds is 6. The second-order valence-corrected chi connectivity index (χ2v) is 7.69. The highest BCUT2D eigenvalue weighted by Gasteiger charge is 2.24. The van der Waals surface area contributed by atoms with Crippen molar-refractivity contribution in [2.24, 2.45) is 0 Å². The van der Waals surface area contributed by atoms with Crippen LogP contribution in [-0.2, 0) is 9.47 Å². The predicted molar refractivity (Wildman–Crippen MR) is 113 cm³/mol. The third kappa shape index (κ3) is 4.50. The second-order valence-electron chi connectivity index (χ2n) is 7.25. The highest BCUT2D eigenvalue weighted by Crippen LogP contribution is 2.30. The van der Waals surface area contributed by atoms with Crippen LogP contribution in [0.5, 0.6) is 0 Å². The molecule has 0 spiro atoms. The van der Waals surface area contributed by atoms with Gasteiger partial charge in [-0.15, -0.1) is 0 Å². The zero-order valence-electron chi connectivity index (χ0n) is 16.9. The predicted octanol–water partition coefficient (Wildman–Crippen LogP) is 3.82. The van der Waals surface area contributed by atoms with Gasteiger partial charge in [-0.1, -0.05) is 11.6 Å². The van der Waals surface area contributed by atoms with E-state index >= 15 is 0 Å². The summed E-state index contributed by atoms with van der Waals surface area (Å²) in [6.07, 6.45) is 3.49. The molecule has 1 aliphatic rings. The van der Waals surface area contributed by atoms with Gasteiger partial charge in [0.15, 0.2) is 5.65 Å². The van der Waals surface area contributed by atoms with Gasteiger partial charge in [-0.05, 0) is 38.0 Å². The van der Waals surface area contributed by atoms with Crippen molar-refractivity contribution in [2.45, 2.75) is 25.9 Å². The van der Waals surface area contributed by atoms with Crippen LogP contribution in [0, 0.1) is 12.7 Å². The Balaban J connectivity index is 1.73. The number of morpholine rings is 1. The fraction of sp³-hybridized carbons (Fsp3) is 0.429. The molecule has 1 fully saturated rings. The van der Waals surface area contributed by atoms with Gasteiger partial charge in [-0.2, -0.15) is 4.98 Å². The number of hydrogen-bond donors (Lipinski definition) is 0. The first-order valence-electron chi connectivity index (χ1n) is 9.87. The summed E-state index contributed by atoms with van der Waals surface area (Å²) < 4.78 is 25.7. The van der Waals surface area contributed by atoms with E-state index in [1.165, 1.54) is 6.07 Å². The fourth-order valence-corrected chi connectivity index (χ4v) is 3.68. The molecule has 2 aromatic heterocycles. The van der Waals surface area contributed by atoms with Crippen molar-refractivity contribution in [1.82, 2.24) is 19.9 Å². The summed E-state index contributed by atoms with van der Waals surface area (Å²) in [6, 6.07) is 4.51. The number of halogens is 2.